The van der Waals surface area contributed by atoms with Gasteiger partial charge < -0.3 is 5.11 Å². The number of benzene rings is 1. The van der Waals surface area contributed by atoms with Crippen LogP contribution < -0.4 is 4.90 Å². The summed E-state index contributed by atoms with van der Waals surface area (Å²) >= 11 is 11.9. The molecule has 0 saturated carbocycles. The molecule has 1 atom stereocenters. The van der Waals surface area contributed by atoms with Crippen molar-refractivity contribution in [1.82, 2.24) is 0 Å². The maximum Gasteiger partial charge on any atom is 0.326 e. The van der Waals surface area contributed by atoms with Crippen molar-refractivity contribution >= 4 is 40.8 Å². The Morgan fingerprint density at radius 3 is 2.78 bits per heavy atom. The molecule has 4 nitrogen and oxygen atoms in total. The van der Waals surface area contributed by atoms with Crippen LogP contribution in [0.1, 0.15) is 19.3 Å². The van der Waals surface area contributed by atoms with Gasteiger partial charge in [0.1, 0.15) is 6.04 Å². The number of carboxylic acid groups (broad SMARTS) is 1. The van der Waals surface area contributed by atoms with Crippen molar-refractivity contribution in [3.63, 3.8) is 0 Å². The number of halogens is 2. The number of carbonyl (C=O) groups is 2. The van der Waals surface area contributed by atoms with Crippen LogP contribution in [0.25, 0.3) is 0 Å². The Hall–Kier alpha value is -1.26. The molecule has 0 bridgehead atoms. The zero-order chi connectivity index (χ0) is 13.3. The van der Waals surface area contributed by atoms with Crippen LogP contribution in [0.4, 0.5) is 5.69 Å². The fourth-order valence-electron chi connectivity index (χ4n) is 2.08. The van der Waals surface area contributed by atoms with E-state index in [0.717, 1.165) is 0 Å². The first-order valence-corrected chi connectivity index (χ1v) is 6.27. The molecule has 1 N–H and O–H groups in total. The summed E-state index contributed by atoms with van der Waals surface area (Å²) in [6.45, 7) is 0. The van der Waals surface area contributed by atoms with Gasteiger partial charge in [0.05, 0.1) is 15.7 Å². The van der Waals surface area contributed by atoms with E-state index in [9.17, 15) is 14.7 Å². The van der Waals surface area contributed by atoms with E-state index in [2.05, 4.69) is 0 Å². The smallest absolute Gasteiger partial charge is 0.326 e. The van der Waals surface area contributed by atoms with Crippen LogP contribution in [-0.4, -0.2) is 23.0 Å². The molecule has 1 unspecified atom stereocenters. The Balaban J connectivity index is 2.47. The number of hydrogen-bond donors (Lipinski definition) is 1. The third kappa shape index (κ3) is 2.31. The van der Waals surface area contributed by atoms with Crippen molar-refractivity contribution in [2.75, 3.05) is 4.90 Å². The van der Waals surface area contributed by atoms with E-state index in [1.807, 2.05) is 0 Å². The Bertz CT molecular complexity index is 504. The van der Waals surface area contributed by atoms with Crippen molar-refractivity contribution in [2.24, 2.45) is 0 Å². The molecule has 1 amide bonds. The molecule has 0 aliphatic carbocycles. The van der Waals surface area contributed by atoms with Crippen molar-refractivity contribution in [3.8, 4) is 0 Å². The molecule has 1 fully saturated rings. The third-order valence-electron chi connectivity index (χ3n) is 2.92. The Morgan fingerprint density at radius 2 is 2.11 bits per heavy atom. The number of carboxylic acids is 1. The highest BCUT2D eigenvalue weighted by Crippen LogP contribution is 2.36. The first-order valence-electron chi connectivity index (χ1n) is 5.51. The number of piperidine rings is 1. The first kappa shape index (κ1) is 13.2. The summed E-state index contributed by atoms with van der Waals surface area (Å²) in [5.74, 6) is -1.27. The molecule has 1 saturated heterocycles. The fraction of sp³-hybridized carbons (Fsp3) is 0.333. The number of nitrogens with zero attached hydrogens (tertiary/aromatic N) is 1. The predicted molar refractivity (Wildman–Crippen MR) is 69.2 cm³/mol. The van der Waals surface area contributed by atoms with Gasteiger partial charge in [-0.3, -0.25) is 9.69 Å². The zero-order valence-electron chi connectivity index (χ0n) is 9.40. The van der Waals surface area contributed by atoms with Gasteiger partial charge in [-0.05, 0) is 25.0 Å². The lowest BCUT2D eigenvalue weighted by molar-refractivity contribution is -0.141. The summed E-state index contributed by atoms with van der Waals surface area (Å²) in [6, 6.07) is 3.97. The van der Waals surface area contributed by atoms with Gasteiger partial charge in [-0.15, -0.1) is 0 Å². The molecule has 1 aromatic carbocycles. The van der Waals surface area contributed by atoms with Crippen molar-refractivity contribution in [1.29, 1.82) is 0 Å². The Labute approximate surface area is 114 Å². The molecule has 0 radical (unpaired) electrons. The normalized spacial score (nSPS) is 20.0. The number of anilines is 1. The van der Waals surface area contributed by atoms with E-state index in [-0.39, 0.29) is 10.9 Å². The van der Waals surface area contributed by atoms with E-state index in [1.54, 1.807) is 18.2 Å². The minimum Gasteiger partial charge on any atom is -0.480 e. The summed E-state index contributed by atoms with van der Waals surface area (Å²) in [4.78, 5) is 24.4. The van der Waals surface area contributed by atoms with E-state index in [4.69, 9.17) is 23.2 Å². The predicted octanol–water partition coefficient (Wildman–Crippen LogP) is 2.96. The molecule has 6 heteroatoms. The van der Waals surface area contributed by atoms with Crippen LogP contribution in [-0.2, 0) is 9.59 Å². The van der Waals surface area contributed by atoms with E-state index in [0.29, 0.717) is 30.0 Å². The molecule has 1 heterocycles. The summed E-state index contributed by atoms with van der Waals surface area (Å²) in [7, 11) is 0. The molecule has 2 rings (SSSR count). The average Bonchev–Trinajstić information content (AvgIpc) is 2.33. The minimum absolute atomic E-state index is 0.209. The van der Waals surface area contributed by atoms with E-state index in [1.165, 1.54) is 4.90 Å². The van der Waals surface area contributed by atoms with Gasteiger partial charge in [-0.25, -0.2) is 4.79 Å². The molecule has 0 spiro atoms. The quantitative estimate of drug-likeness (QED) is 0.910. The molecule has 1 aliphatic rings. The summed E-state index contributed by atoms with van der Waals surface area (Å²) in [6.07, 6.45) is 1.32. The summed E-state index contributed by atoms with van der Waals surface area (Å²) < 4.78 is 0. The van der Waals surface area contributed by atoms with Gasteiger partial charge >= 0.3 is 5.97 Å². The lowest BCUT2D eigenvalue weighted by Gasteiger charge is -2.33. The molecule has 1 aliphatic heterocycles. The highest BCUT2D eigenvalue weighted by Gasteiger charge is 2.35. The first-order chi connectivity index (χ1) is 8.52. The molecular formula is C12H11Cl2NO3. The lowest BCUT2D eigenvalue weighted by atomic mass is 10.0. The topological polar surface area (TPSA) is 57.6 Å². The number of carbonyl (C=O) groups excluding carboxylic acids is 1. The lowest BCUT2D eigenvalue weighted by Crippen LogP contribution is -2.48. The van der Waals surface area contributed by atoms with Gasteiger partial charge in [-0.2, -0.15) is 0 Å². The van der Waals surface area contributed by atoms with Gasteiger partial charge in [0, 0.05) is 6.42 Å². The number of amides is 1. The fourth-order valence-corrected chi connectivity index (χ4v) is 2.47. The average molecular weight is 288 g/mol. The third-order valence-corrected chi connectivity index (χ3v) is 3.73. The number of rotatable bonds is 2. The largest absolute Gasteiger partial charge is 0.480 e. The van der Waals surface area contributed by atoms with Crippen LogP contribution >= 0.6 is 23.2 Å². The second-order valence-corrected chi connectivity index (χ2v) is 4.87. The number of hydrogen-bond acceptors (Lipinski definition) is 2. The second kappa shape index (κ2) is 5.16. The maximum atomic E-state index is 11.9. The highest BCUT2D eigenvalue weighted by molar-refractivity contribution is 6.44. The van der Waals surface area contributed by atoms with Crippen LogP contribution in [0.2, 0.25) is 10.0 Å². The molecule has 18 heavy (non-hydrogen) atoms. The maximum absolute atomic E-state index is 11.9. The minimum atomic E-state index is -1.03. The molecule has 1 aromatic rings. The SMILES string of the molecule is O=C(O)C1CCCC(=O)N1c1cccc(Cl)c1Cl. The van der Waals surface area contributed by atoms with Gasteiger partial charge in [0.2, 0.25) is 5.91 Å². The van der Waals surface area contributed by atoms with Crippen molar-refractivity contribution < 1.29 is 14.7 Å². The van der Waals surface area contributed by atoms with Crippen LogP contribution in [0, 0.1) is 0 Å². The second-order valence-electron chi connectivity index (χ2n) is 4.08. The molecule has 0 aromatic heterocycles. The Morgan fingerprint density at radius 1 is 1.39 bits per heavy atom. The Kier molecular flexibility index (Phi) is 3.78. The monoisotopic (exact) mass is 287 g/mol. The summed E-state index contributed by atoms with van der Waals surface area (Å²) in [5.41, 5.74) is 0.362. The van der Waals surface area contributed by atoms with Gasteiger partial charge in [0.15, 0.2) is 0 Å². The van der Waals surface area contributed by atoms with E-state index < -0.39 is 12.0 Å². The summed E-state index contributed by atoms with van der Waals surface area (Å²) in [5, 5.41) is 9.69. The zero-order valence-corrected chi connectivity index (χ0v) is 10.9. The van der Waals surface area contributed by atoms with Crippen LogP contribution in [0.15, 0.2) is 18.2 Å². The van der Waals surface area contributed by atoms with Crippen LogP contribution in [0.5, 0.6) is 0 Å². The standard InChI is InChI=1S/C12H11Cl2NO3/c13-7-3-1-4-8(11(7)14)15-9(12(17)18)5-2-6-10(15)16/h1,3-4,9H,2,5-6H2,(H,17,18). The van der Waals surface area contributed by atoms with Gasteiger partial charge in [0.25, 0.3) is 0 Å². The van der Waals surface area contributed by atoms with Crippen molar-refractivity contribution in [3.05, 3.63) is 28.2 Å². The van der Waals surface area contributed by atoms with Crippen molar-refractivity contribution in [2.45, 2.75) is 25.3 Å². The van der Waals surface area contributed by atoms with Crippen LogP contribution in [0.3, 0.4) is 0 Å². The van der Waals surface area contributed by atoms with E-state index >= 15 is 0 Å². The van der Waals surface area contributed by atoms with Gasteiger partial charge in [-0.1, -0.05) is 29.3 Å². The molecular weight excluding hydrogens is 277 g/mol. The number of aliphatic carboxylic acids is 1. The molecule has 96 valence electrons. The highest BCUT2D eigenvalue weighted by atomic mass is 35.5.